The number of nitrogens with one attached hydrogen (secondary N) is 1. The zero-order valence-corrected chi connectivity index (χ0v) is 10.7. The number of likely N-dealkylation sites (N-methyl/N-ethyl adjacent to an activating group) is 1. The molecule has 1 atom stereocenters. The van der Waals surface area contributed by atoms with Gasteiger partial charge in [-0.15, -0.1) is 11.3 Å². The van der Waals surface area contributed by atoms with Gasteiger partial charge in [0.25, 0.3) is 0 Å². The summed E-state index contributed by atoms with van der Waals surface area (Å²) in [6, 6.07) is 2.85. The fraction of sp³-hybridized carbons (Fsp3) is 0.600. The third-order valence-electron chi connectivity index (χ3n) is 2.67. The van der Waals surface area contributed by atoms with Gasteiger partial charge in [-0.3, -0.25) is 0 Å². The summed E-state index contributed by atoms with van der Waals surface area (Å²) in [7, 11) is 2.18. The molecule has 2 heterocycles. The summed E-state index contributed by atoms with van der Waals surface area (Å²) >= 11 is 5.31. The maximum atomic E-state index is 3.59. The average Bonchev–Trinajstić information content (AvgIpc) is 2.72. The summed E-state index contributed by atoms with van der Waals surface area (Å²) in [4.78, 5) is 2.38. The molecule has 1 aliphatic rings. The number of hydrogen-bond acceptors (Lipinski definition) is 3. The van der Waals surface area contributed by atoms with Crippen LogP contribution >= 0.6 is 27.3 Å². The Hall–Kier alpha value is 0.100. The number of nitrogens with zero attached hydrogens (tertiary/aromatic N) is 1. The third kappa shape index (κ3) is 2.57. The SMILES string of the molecule is CN1CCC(NCc2ccsc2Br)C1. The lowest BCUT2D eigenvalue weighted by Crippen LogP contribution is -2.30. The van der Waals surface area contributed by atoms with Gasteiger partial charge in [0.05, 0.1) is 3.79 Å². The predicted octanol–water partition coefficient (Wildman–Crippen LogP) is 2.30. The van der Waals surface area contributed by atoms with Crippen LogP contribution in [0.2, 0.25) is 0 Å². The molecule has 14 heavy (non-hydrogen) atoms. The van der Waals surface area contributed by atoms with Crippen molar-refractivity contribution in [3.8, 4) is 0 Å². The van der Waals surface area contributed by atoms with Gasteiger partial charge in [-0.05, 0) is 53.0 Å². The van der Waals surface area contributed by atoms with Gasteiger partial charge in [-0.2, -0.15) is 0 Å². The number of likely N-dealkylation sites (tertiary alicyclic amines) is 1. The van der Waals surface area contributed by atoms with E-state index in [0.717, 1.165) is 6.54 Å². The van der Waals surface area contributed by atoms with Crippen molar-refractivity contribution in [1.82, 2.24) is 10.2 Å². The van der Waals surface area contributed by atoms with Gasteiger partial charge in [0.15, 0.2) is 0 Å². The molecule has 1 aliphatic heterocycles. The molecule has 0 radical (unpaired) electrons. The number of halogens is 1. The van der Waals surface area contributed by atoms with Gasteiger partial charge >= 0.3 is 0 Å². The van der Waals surface area contributed by atoms with Crippen LogP contribution in [0.4, 0.5) is 0 Å². The molecular weight excluding hydrogens is 260 g/mol. The van der Waals surface area contributed by atoms with Crippen LogP contribution in [-0.4, -0.2) is 31.1 Å². The molecule has 1 aromatic rings. The molecule has 2 rings (SSSR count). The zero-order chi connectivity index (χ0) is 9.97. The molecule has 1 saturated heterocycles. The molecule has 78 valence electrons. The van der Waals surface area contributed by atoms with Crippen LogP contribution in [0.3, 0.4) is 0 Å². The van der Waals surface area contributed by atoms with E-state index in [1.54, 1.807) is 11.3 Å². The third-order valence-corrected chi connectivity index (χ3v) is 4.48. The molecule has 1 unspecified atom stereocenters. The molecule has 0 saturated carbocycles. The second kappa shape index (κ2) is 4.75. The minimum atomic E-state index is 0.673. The highest BCUT2D eigenvalue weighted by Crippen LogP contribution is 2.23. The number of rotatable bonds is 3. The average molecular weight is 275 g/mol. The second-order valence-electron chi connectivity index (χ2n) is 3.85. The molecule has 1 N–H and O–H groups in total. The largest absolute Gasteiger partial charge is 0.309 e. The second-order valence-corrected chi connectivity index (χ2v) is 6.08. The Balaban J connectivity index is 1.80. The van der Waals surface area contributed by atoms with E-state index in [9.17, 15) is 0 Å². The summed E-state index contributed by atoms with van der Waals surface area (Å²) < 4.78 is 1.26. The summed E-state index contributed by atoms with van der Waals surface area (Å²) in [6.07, 6.45) is 1.28. The highest BCUT2D eigenvalue weighted by Gasteiger charge is 2.18. The molecule has 0 spiro atoms. The van der Waals surface area contributed by atoms with E-state index in [2.05, 4.69) is 44.6 Å². The van der Waals surface area contributed by atoms with Crippen molar-refractivity contribution in [2.75, 3.05) is 20.1 Å². The van der Waals surface area contributed by atoms with Crippen LogP contribution < -0.4 is 5.32 Å². The van der Waals surface area contributed by atoms with Gasteiger partial charge < -0.3 is 10.2 Å². The van der Waals surface area contributed by atoms with E-state index in [1.807, 2.05) is 0 Å². The van der Waals surface area contributed by atoms with Crippen molar-refractivity contribution in [2.24, 2.45) is 0 Å². The van der Waals surface area contributed by atoms with Crippen molar-refractivity contribution in [1.29, 1.82) is 0 Å². The minimum absolute atomic E-state index is 0.673. The lowest BCUT2D eigenvalue weighted by molar-refractivity contribution is 0.397. The van der Waals surface area contributed by atoms with Crippen LogP contribution in [0.15, 0.2) is 15.2 Å². The molecular formula is C10H15BrN2S. The van der Waals surface area contributed by atoms with Crippen molar-refractivity contribution in [3.05, 3.63) is 20.8 Å². The van der Waals surface area contributed by atoms with Crippen LogP contribution in [0, 0.1) is 0 Å². The normalized spacial score (nSPS) is 23.1. The van der Waals surface area contributed by atoms with Crippen molar-refractivity contribution >= 4 is 27.3 Å². The first-order chi connectivity index (χ1) is 6.75. The van der Waals surface area contributed by atoms with Crippen molar-refractivity contribution < 1.29 is 0 Å². The smallest absolute Gasteiger partial charge is 0.0743 e. The molecule has 2 nitrogen and oxygen atoms in total. The molecule has 1 fully saturated rings. The summed E-state index contributed by atoms with van der Waals surface area (Å²) in [5.74, 6) is 0. The van der Waals surface area contributed by atoms with Crippen LogP contribution in [-0.2, 0) is 6.54 Å². The molecule has 1 aromatic heterocycles. The highest BCUT2D eigenvalue weighted by atomic mass is 79.9. The molecule has 0 aromatic carbocycles. The van der Waals surface area contributed by atoms with Crippen molar-refractivity contribution in [3.63, 3.8) is 0 Å². The van der Waals surface area contributed by atoms with Crippen molar-refractivity contribution in [2.45, 2.75) is 19.0 Å². The maximum absolute atomic E-state index is 3.59. The van der Waals surface area contributed by atoms with Gasteiger partial charge in [0.2, 0.25) is 0 Å². The summed E-state index contributed by atoms with van der Waals surface area (Å²) in [5.41, 5.74) is 1.38. The number of thiophene rings is 1. The van der Waals surface area contributed by atoms with E-state index in [-0.39, 0.29) is 0 Å². The molecule has 4 heteroatoms. The molecule has 0 aliphatic carbocycles. The van der Waals surface area contributed by atoms with Gasteiger partial charge in [0, 0.05) is 19.1 Å². The Bertz CT molecular complexity index is 300. The monoisotopic (exact) mass is 274 g/mol. The van der Waals surface area contributed by atoms with Crippen LogP contribution in [0.1, 0.15) is 12.0 Å². The summed E-state index contributed by atoms with van der Waals surface area (Å²) in [6.45, 7) is 3.40. The fourth-order valence-corrected chi connectivity index (χ4v) is 3.04. The quantitative estimate of drug-likeness (QED) is 0.910. The Morgan fingerprint density at radius 2 is 2.57 bits per heavy atom. The standard InChI is InChI=1S/C10H15BrN2S/c1-13-4-2-9(7-13)12-6-8-3-5-14-10(8)11/h3,5,9,12H,2,4,6-7H2,1H3. The maximum Gasteiger partial charge on any atom is 0.0743 e. The zero-order valence-electron chi connectivity index (χ0n) is 8.29. The lowest BCUT2D eigenvalue weighted by Gasteiger charge is -2.12. The number of hydrogen-bond donors (Lipinski definition) is 1. The van der Waals surface area contributed by atoms with E-state index >= 15 is 0 Å². The topological polar surface area (TPSA) is 15.3 Å². The first-order valence-corrected chi connectivity index (χ1v) is 6.57. The van der Waals surface area contributed by atoms with Gasteiger partial charge in [0.1, 0.15) is 0 Å². The lowest BCUT2D eigenvalue weighted by atomic mass is 10.2. The van der Waals surface area contributed by atoms with Crippen LogP contribution in [0.25, 0.3) is 0 Å². The summed E-state index contributed by atoms with van der Waals surface area (Å²) in [5, 5.41) is 5.72. The first-order valence-electron chi connectivity index (χ1n) is 4.89. The van der Waals surface area contributed by atoms with E-state index < -0.39 is 0 Å². The Morgan fingerprint density at radius 3 is 3.14 bits per heavy atom. The minimum Gasteiger partial charge on any atom is -0.309 e. The van der Waals surface area contributed by atoms with Gasteiger partial charge in [-0.1, -0.05) is 0 Å². The highest BCUT2D eigenvalue weighted by molar-refractivity contribution is 9.11. The van der Waals surface area contributed by atoms with E-state index in [0.29, 0.717) is 6.04 Å². The fourth-order valence-electron chi connectivity index (χ4n) is 1.80. The van der Waals surface area contributed by atoms with E-state index in [1.165, 1.54) is 28.9 Å². The van der Waals surface area contributed by atoms with Crippen LogP contribution in [0.5, 0.6) is 0 Å². The van der Waals surface area contributed by atoms with Gasteiger partial charge in [-0.25, -0.2) is 0 Å². The van der Waals surface area contributed by atoms with E-state index in [4.69, 9.17) is 0 Å². The Morgan fingerprint density at radius 1 is 1.71 bits per heavy atom. The Kier molecular flexibility index (Phi) is 3.60. The predicted molar refractivity (Wildman–Crippen MR) is 64.8 cm³/mol. The molecule has 0 amide bonds. The Labute approximate surface area is 97.4 Å². The molecule has 0 bridgehead atoms. The first kappa shape index (κ1) is 10.6.